The number of phenols is 2. The van der Waals surface area contributed by atoms with E-state index in [4.69, 9.17) is 5.11 Å². The van der Waals surface area contributed by atoms with E-state index >= 15 is 0 Å². The summed E-state index contributed by atoms with van der Waals surface area (Å²) in [5, 5.41) is 19.0. The molecule has 0 saturated carbocycles. The van der Waals surface area contributed by atoms with Crippen LogP contribution in [0.2, 0.25) is 0 Å². The summed E-state index contributed by atoms with van der Waals surface area (Å²) in [7, 11) is 0. The largest absolute Gasteiger partial charge is 0.508 e. The van der Waals surface area contributed by atoms with Gasteiger partial charge in [0.1, 0.15) is 11.5 Å². The third-order valence-corrected chi connectivity index (χ3v) is 2.42. The van der Waals surface area contributed by atoms with Crippen molar-refractivity contribution in [2.75, 3.05) is 0 Å². The van der Waals surface area contributed by atoms with Crippen molar-refractivity contribution in [1.82, 2.24) is 0 Å². The molecule has 0 aliphatic carbocycles. The van der Waals surface area contributed by atoms with Gasteiger partial charge in [-0.2, -0.15) is 0 Å². The minimum atomic E-state index is 0.228. The lowest BCUT2D eigenvalue weighted by molar-refractivity contribution is 0.472. The number of benzene rings is 2. The summed E-state index contributed by atoms with van der Waals surface area (Å²) in [6.45, 7) is 1.86. The Hall–Kier alpha value is -1.96. The summed E-state index contributed by atoms with van der Waals surface area (Å²) in [5.41, 5.74) is 2.53. The number of hydrogen-bond acceptors (Lipinski definition) is 2. The Balaban J connectivity index is 2.54. The maximum atomic E-state index is 9.86. The van der Waals surface area contributed by atoms with Crippen molar-refractivity contribution in [1.29, 1.82) is 0 Å². The van der Waals surface area contributed by atoms with Gasteiger partial charge in [0, 0.05) is 5.56 Å². The summed E-state index contributed by atoms with van der Waals surface area (Å²) in [5.74, 6) is 0.522. The average Bonchev–Trinajstić information content (AvgIpc) is 2.24. The van der Waals surface area contributed by atoms with E-state index < -0.39 is 0 Å². The second-order valence-electron chi connectivity index (χ2n) is 3.52. The molecular formula is C13H12O2. The number of aryl methyl sites for hydroxylation is 1. The number of aromatic hydroxyl groups is 2. The third-order valence-electron chi connectivity index (χ3n) is 2.42. The normalized spacial score (nSPS) is 10.2. The van der Waals surface area contributed by atoms with Crippen LogP contribution in [0.4, 0.5) is 0 Å². The molecule has 15 heavy (non-hydrogen) atoms. The van der Waals surface area contributed by atoms with Gasteiger partial charge in [0.05, 0.1) is 0 Å². The van der Waals surface area contributed by atoms with Crippen LogP contribution in [0.15, 0.2) is 42.5 Å². The summed E-state index contributed by atoms with van der Waals surface area (Å²) >= 11 is 0. The van der Waals surface area contributed by atoms with Crippen molar-refractivity contribution in [3.05, 3.63) is 48.0 Å². The van der Waals surface area contributed by atoms with Crippen molar-refractivity contribution < 1.29 is 10.2 Å². The Morgan fingerprint density at radius 3 is 2.20 bits per heavy atom. The van der Waals surface area contributed by atoms with E-state index in [1.807, 2.05) is 25.1 Å². The van der Waals surface area contributed by atoms with Crippen molar-refractivity contribution in [2.45, 2.75) is 6.92 Å². The van der Waals surface area contributed by atoms with Gasteiger partial charge < -0.3 is 10.2 Å². The molecule has 2 heteroatoms. The Kier molecular flexibility index (Phi) is 2.34. The van der Waals surface area contributed by atoms with Gasteiger partial charge in [-0.15, -0.1) is 0 Å². The van der Waals surface area contributed by atoms with Gasteiger partial charge in [-0.3, -0.25) is 0 Å². The van der Waals surface area contributed by atoms with Crippen molar-refractivity contribution in [2.24, 2.45) is 0 Å². The smallest absolute Gasteiger partial charge is 0.126 e. The van der Waals surface area contributed by atoms with Crippen molar-refractivity contribution in [3.63, 3.8) is 0 Å². The van der Waals surface area contributed by atoms with Crippen LogP contribution >= 0.6 is 0 Å². The maximum Gasteiger partial charge on any atom is 0.126 e. The molecule has 2 N–H and O–H groups in total. The minimum Gasteiger partial charge on any atom is -0.508 e. The Labute approximate surface area is 88.4 Å². The van der Waals surface area contributed by atoms with E-state index in [0.29, 0.717) is 5.75 Å². The van der Waals surface area contributed by atoms with Crippen molar-refractivity contribution in [3.8, 4) is 22.6 Å². The minimum absolute atomic E-state index is 0.228. The standard InChI is InChI=1S/C13H12O2/c1-9-3-2-4-12(13(9)15)10-5-7-11(14)8-6-10/h2-8,14-15H,1H3. The molecule has 2 nitrogen and oxygen atoms in total. The van der Waals surface area contributed by atoms with Crippen molar-refractivity contribution >= 4 is 0 Å². The lowest BCUT2D eigenvalue weighted by Gasteiger charge is -2.06. The van der Waals surface area contributed by atoms with E-state index in [-0.39, 0.29) is 5.75 Å². The topological polar surface area (TPSA) is 40.5 Å². The van der Waals surface area contributed by atoms with Gasteiger partial charge in [0.2, 0.25) is 0 Å². The highest BCUT2D eigenvalue weighted by Crippen LogP contribution is 2.32. The first-order chi connectivity index (χ1) is 7.18. The third kappa shape index (κ3) is 1.79. The Morgan fingerprint density at radius 2 is 1.53 bits per heavy atom. The fourth-order valence-corrected chi connectivity index (χ4v) is 1.53. The van der Waals surface area contributed by atoms with Gasteiger partial charge >= 0.3 is 0 Å². The molecule has 0 amide bonds. The van der Waals surface area contributed by atoms with Crippen LogP contribution in [-0.4, -0.2) is 10.2 Å². The molecule has 0 spiro atoms. The highest BCUT2D eigenvalue weighted by atomic mass is 16.3. The summed E-state index contributed by atoms with van der Waals surface area (Å²) in [6, 6.07) is 12.4. The van der Waals surface area contributed by atoms with E-state index in [2.05, 4.69) is 0 Å². The molecule has 0 bridgehead atoms. The Bertz CT molecular complexity index is 472. The Morgan fingerprint density at radius 1 is 0.867 bits per heavy atom. The van der Waals surface area contributed by atoms with Gasteiger partial charge in [-0.05, 0) is 30.2 Å². The molecule has 0 saturated heterocycles. The van der Waals surface area contributed by atoms with Gasteiger partial charge in [-0.1, -0.05) is 30.3 Å². The summed E-state index contributed by atoms with van der Waals surface area (Å²) in [4.78, 5) is 0. The molecule has 0 atom stereocenters. The van der Waals surface area contributed by atoms with Crippen LogP contribution in [0, 0.1) is 6.92 Å². The summed E-state index contributed by atoms with van der Waals surface area (Å²) in [6.07, 6.45) is 0. The maximum absolute atomic E-state index is 9.86. The molecule has 0 aromatic heterocycles. The zero-order chi connectivity index (χ0) is 10.8. The van der Waals surface area contributed by atoms with E-state index in [9.17, 15) is 5.11 Å². The van der Waals surface area contributed by atoms with Crippen LogP contribution in [-0.2, 0) is 0 Å². The second-order valence-corrected chi connectivity index (χ2v) is 3.52. The number of para-hydroxylation sites is 1. The molecule has 0 aliphatic heterocycles. The fourth-order valence-electron chi connectivity index (χ4n) is 1.53. The average molecular weight is 200 g/mol. The van der Waals surface area contributed by atoms with Crippen LogP contribution in [0.5, 0.6) is 11.5 Å². The number of rotatable bonds is 1. The monoisotopic (exact) mass is 200 g/mol. The zero-order valence-corrected chi connectivity index (χ0v) is 8.44. The molecular weight excluding hydrogens is 188 g/mol. The van der Waals surface area contributed by atoms with Crippen LogP contribution in [0.3, 0.4) is 0 Å². The molecule has 0 heterocycles. The van der Waals surface area contributed by atoms with Gasteiger partial charge in [0.25, 0.3) is 0 Å². The predicted octanol–water partition coefficient (Wildman–Crippen LogP) is 3.07. The van der Waals surface area contributed by atoms with E-state index in [1.54, 1.807) is 24.3 Å². The molecule has 0 fully saturated rings. The SMILES string of the molecule is Cc1cccc(-c2ccc(O)cc2)c1O. The fraction of sp³-hybridized carbons (Fsp3) is 0.0769. The highest BCUT2D eigenvalue weighted by Gasteiger charge is 2.05. The molecule has 2 rings (SSSR count). The molecule has 2 aromatic rings. The van der Waals surface area contributed by atoms with Crippen LogP contribution in [0.1, 0.15) is 5.56 Å². The highest BCUT2D eigenvalue weighted by molar-refractivity contribution is 5.71. The van der Waals surface area contributed by atoms with E-state index in [1.165, 1.54) is 0 Å². The number of hydrogen-bond donors (Lipinski definition) is 2. The molecule has 2 aromatic carbocycles. The predicted molar refractivity (Wildman–Crippen MR) is 59.9 cm³/mol. The first-order valence-corrected chi connectivity index (χ1v) is 4.76. The van der Waals surface area contributed by atoms with E-state index in [0.717, 1.165) is 16.7 Å². The zero-order valence-electron chi connectivity index (χ0n) is 8.44. The second kappa shape index (κ2) is 3.65. The van der Waals surface area contributed by atoms with Gasteiger partial charge in [0.15, 0.2) is 0 Å². The number of phenolic OH excluding ortho intramolecular Hbond substituents is 2. The quantitative estimate of drug-likeness (QED) is 0.742. The molecule has 0 aliphatic rings. The lowest BCUT2D eigenvalue weighted by atomic mass is 10.0. The molecule has 76 valence electrons. The van der Waals surface area contributed by atoms with Crippen LogP contribution < -0.4 is 0 Å². The summed E-state index contributed by atoms with van der Waals surface area (Å²) < 4.78 is 0. The molecule has 0 radical (unpaired) electrons. The van der Waals surface area contributed by atoms with Gasteiger partial charge in [-0.25, -0.2) is 0 Å². The lowest BCUT2D eigenvalue weighted by Crippen LogP contribution is -1.81. The first kappa shape index (κ1) is 9.59. The van der Waals surface area contributed by atoms with Crippen LogP contribution in [0.25, 0.3) is 11.1 Å². The molecule has 0 unspecified atom stereocenters. The first-order valence-electron chi connectivity index (χ1n) is 4.76.